The van der Waals surface area contributed by atoms with Crippen molar-refractivity contribution < 1.29 is 0 Å². The van der Waals surface area contributed by atoms with Gasteiger partial charge in [0.1, 0.15) is 16.1 Å². The fraction of sp³-hybridized carbons (Fsp3) is 0.182. The van der Waals surface area contributed by atoms with E-state index < -0.39 is 16.1 Å². The van der Waals surface area contributed by atoms with Crippen molar-refractivity contribution in [3.63, 3.8) is 0 Å². The summed E-state index contributed by atoms with van der Waals surface area (Å²) in [6, 6.07) is 77.9. The first-order valence-corrected chi connectivity index (χ1v) is 37.6. The standard InChI is InChI=1S/C88H74Si2/c1-61(2)87(5,6)89(9,10)59-57-73-55-49-67-33-21-27-43-79(67)85(73)83-71(53-47-65-31-19-25-41-77(65)83)37-15-13-35-69-51-45-63-29-17-23-39-75(63)81(69)82-70(52-46-64-30-18-24-40-76(64)82)36-14-16-38-72-54-48-66-32-20-26-42-78(66)84(72)86-74(56-50-68-34-22-28-44-80(68)86)58-60-90(11,12)88(7,8)62(3)4/h17-34,39-56,61-62H,1-12H3. The highest BCUT2D eigenvalue weighted by atomic mass is 28.3. The van der Waals surface area contributed by atoms with Crippen LogP contribution in [0.5, 0.6) is 0 Å². The average Bonchev–Trinajstić information content (AvgIpc) is 1.22. The van der Waals surface area contributed by atoms with Crippen LogP contribution in [0.1, 0.15) is 88.8 Å². The van der Waals surface area contributed by atoms with Crippen molar-refractivity contribution in [3.05, 3.63) is 252 Å². The van der Waals surface area contributed by atoms with E-state index in [4.69, 9.17) is 0 Å². The molecule has 0 amide bonds. The minimum absolute atomic E-state index is 0.114. The number of fused-ring (bicyclic) bond motifs is 6. The molecule has 0 aromatic heterocycles. The summed E-state index contributed by atoms with van der Waals surface area (Å²) in [5, 5.41) is 13.8. The highest BCUT2D eigenvalue weighted by Crippen LogP contribution is 2.47. The fourth-order valence-corrected chi connectivity index (χ4v) is 16.9. The summed E-state index contributed by atoms with van der Waals surface area (Å²) in [7, 11) is -4.09. The Kier molecular flexibility index (Phi) is 16.4. The smallest absolute Gasteiger partial charge is 0.126 e. The molecule has 2 heteroatoms. The summed E-state index contributed by atoms with van der Waals surface area (Å²) < 4.78 is 0. The molecule has 0 bridgehead atoms. The van der Waals surface area contributed by atoms with Gasteiger partial charge in [-0.1, -0.05) is 299 Å². The van der Waals surface area contributed by atoms with E-state index in [1.54, 1.807) is 0 Å². The minimum atomic E-state index is -2.05. The van der Waals surface area contributed by atoms with Crippen LogP contribution in [0.3, 0.4) is 0 Å². The molecule has 12 aromatic carbocycles. The third-order valence-electron chi connectivity index (χ3n) is 20.4. The van der Waals surface area contributed by atoms with Gasteiger partial charge in [0, 0.05) is 66.8 Å². The Balaban J connectivity index is 0.998. The summed E-state index contributed by atoms with van der Waals surface area (Å²) in [5.41, 5.74) is 19.8. The van der Waals surface area contributed by atoms with Gasteiger partial charge < -0.3 is 0 Å². The topological polar surface area (TPSA) is 0 Å². The van der Waals surface area contributed by atoms with E-state index in [9.17, 15) is 0 Å². The molecule has 0 N–H and O–H groups in total. The van der Waals surface area contributed by atoms with Crippen molar-refractivity contribution in [1.82, 2.24) is 0 Å². The van der Waals surface area contributed by atoms with Crippen molar-refractivity contribution in [1.29, 1.82) is 0 Å². The van der Waals surface area contributed by atoms with Crippen molar-refractivity contribution in [2.75, 3.05) is 0 Å². The normalized spacial score (nSPS) is 11.7. The maximum Gasteiger partial charge on any atom is 0.138 e. The number of hydrogen-bond donors (Lipinski definition) is 0. The monoisotopic (exact) mass is 1190 g/mol. The predicted molar refractivity (Wildman–Crippen MR) is 395 cm³/mol. The summed E-state index contributed by atoms with van der Waals surface area (Å²) in [6.07, 6.45) is 0. The molecule has 0 spiro atoms. The van der Waals surface area contributed by atoms with Gasteiger partial charge in [-0.15, -0.1) is 11.1 Å². The second kappa shape index (κ2) is 24.5. The second-order valence-electron chi connectivity index (χ2n) is 26.8. The zero-order chi connectivity index (χ0) is 63.0. The zero-order valence-electron chi connectivity index (χ0n) is 53.9. The summed E-state index contributed by atoms with van der Waals surface area (Å²) >= 11 is 0. The van der Waals surface area contributed by atoms with Crippen molar-refractivity contribution in [2.24, 2.45) is 11.8 Å². The molecule has 0 atom stereocenters. The van der Waals surface area contributed by atoms with Gasteiger partial charge in [0.15, 0.2) is 0 Å². The molecule has 12 rings (SSSR count). The lowest BCUT2D eigenvalue weighted by Crippen LogP contribution is -2.41. The van der Waals surface area contributed by atoms with Gasteiger partial charge in [0.25, 0.3) is 0 Å². The Morgan fingerprint density at radius 2 is 0.422 bits per heavy atom. The quantitative estimate of drug-likeness (QED) is 0.110. The first kappa shape index (κ1) is 60.3. The maximum absolute atomic E-state index is 3.92. The first-order valence-electron chi connectivity index (χ1n) is 31.6. The minimum Gasteiger partial charge on any atom is -0.126 e. The fourth-order valence-electron chi connectivity index (χ4n) is 12.5. The molecule has 0 nitrogen and oxygen atoms in total. The van der Waals surface area contributed by atoms with E-state index in [1.807, 2.05) is 0 Å². The van der Waals surface area contributed by atoms with E-state index >= 15 is 0 Å². The molecular weight excluding hydrogens is 1110 g/mol. The third-order valence-corrected chi connectivity index (χ3v) is 29.5. The Bertz CT molecular complexity index is 4960. The van der Waals surface area contributed by atoms with Crippen LogP contribution in [0.25, 0.3) is 98.0 Å². The molecule has 12 aromatic rings. The van der Waals surface area contributed by atoms with Crippen molar-refractivity contribution in [2.45, 2.75) is 91.7 Å². The van der Waals surface area contributed by atoms with E-state index in [2.05, 4.69) is 370 Å². The van der Waals surface area contributed by atoms with E-state index in [0.717, 1.165) is 131 Å². The largest absolute Gasteiger partial charge is 0.138 e. The molecule has 0 aliphatic rings. The van der Waals surface area contributed by atoms with Crippen LogP contribution in [0, 0.1) is 82.1 Å². The molecule has 0 fully saturated rings. The Labute approximate surface area is 536 Å². The summed E-state index contributed by atoms with van der Waals surface area (Å²) in [6.45, 7) is 28.5. The predicted octanol–water partition coefficient (Wildman–Crippen LogP) is 22.5. The lowest BCUT2D eigenvalue weighted by molar-refractivity contribution is 0.462. The first-order chi connectivity index (χ1) is 43.3. The molecule has 0 heterocycles. The van der Waals surface area contributed by atoms with Gasteiger partial charge >= 0.3 is 0 Å². The van der Waals surface area contributed by atoms with Crippen LogP contribution in [0.2, 0.25) is 36.3 Å². The molecule has 0 radical (unpaired) electrons. The van der Waals surface area contributed by atoms with Gasteiger partial charge in [0.05, 0.1) is 0 Å². The van der Waals surface area contributed by atoms with Gasteiger partial charge in [-0.2, -0.15) is 0 Å². The van der Waals surface area contributed by atoms with Gasteiger partial charge in [-0.25, -0.2) is 0 Å². The van der Waals surface area contributed by atoms with E-state index in [0.29, 0.717) is 11.8 Å². The van der Waals surface area contributed by atoms with Crippen molar-refractivity contribution >= 4 is 80.8 Å². The van der Waals surface area contributed by atoms with Crippen LogP contribution in [-0.4, -0.2) is 16.1 Å². The van der Waals surface area contributed by atoms with Crippen LogP contribution in [0.4, 0.5) is 0 Å². The van der Waals surface area contributed by atoms with E-state index in [1.165, 1.54) is 0 Å². The Morgan fingerprint density at radius 3 is 0.611 bits per heavy atom. The summed E-state index contributed by atoms with van der Waals surface area (Å²) in [4.78, 5) is 0. The maximum atomic E-state index is 3.92. The molecule has 0 saturated carbocycles. The van der Waals surface area contributed by atoms with Crippen LogP contribution < -0.4 is 0 Å². The zero-order valence-corrected chi connectivity index (χ0v) is 55.9. The molecule has 0 aliphatic heterocycles. The highest BCUT2D eigenvalue weighted by Gasteiger charge is 2.41. The molecular formula is C88H74Si2. The SMILES string of the molecule is CC(C)C(C)(C)[Si](C)(C)C#Cc1ccc2ccccc2c1-c1c(C#CC#Cc2ccc3ccccc3c2-c2c(C#CC#Cc3ccc4ccccc4c3-c3c(C#C[Si](C)(C)C(C)(C)C(C)C)ccc4ccccc34)ccc3ccccc23)ccc2ccccc12. The van der Waals surface area contributed by atoms with Gasteiger partial charge in [0.2, 0.25) is 0 Å². The molecule has 90 heavy (non-hydrogen) atoms. The average molecular weight is 1190 g/mol. The molecule has 434 valence electrons. The van der Waals surface area contributed by atoms with Crippen LogP contribution >= 0.6 is 0 Å². The van der Waals surface area contributed by atoms with Crippen LogP contribution in [-0.2, 0) is 0 Å². The lowest BCUT2D eigenvalue weighted by Gasteiger charge is -2.39. The molecule has 0 unspecified atom stereocenters. The van der Waals surface area contributed by atoms with Gasteiger partial charge in [-0.3, -0.25) is 0 Å². The summed E-state index contributed by atoms with van der Waals surface area (Å²) in [5.74, 6) is 36.6. The third kappa shape index (κ3) is 11.3. The number of hydrogen-bond acceptors (Lipinski definition) is 0. The molecule has 0 aliphatic carbocycles. The van der Waals surface area contributed by atoms with Crippen molar-refractivity contribution in [3.8, 4) is 104 Å². The van der Waals surface area contributed by atoms with Crippen LogP contribution in [0.15, 0.2) is 218 Å². The van der Waals surface area contributed by atoms with E-state index in [-0.39, 0.29) is 10.1 Å². The number of benzene rings is 12. The Hall–Kier alpha value is -10.0. The number of rotatable bonds is 7. The van der Waals surface area contributed by atoms with Gasteiger partial charge in [-0.05, 0) is 147 Å². The Morgan fingerprint density at radius 1 is 0.244 bits per heavy atom. The lowest BCUT2D eigenvalue weighted by atomic mass is 9.87. The highest BCUT2D eigenvalue weighted by molar-refractivity contribution is 6.88. The molecule has 0 saturated heterocycles. The second-order valence-corrected chi connectivity index (χ2v) is 36.3.